The summed E-state index contributed by atoms with van der Waals surface area (Å²) in [5.74, 6) is 0.665. The highest BCUT2D eigenvalue weighted by Gasteiger charge is 2.28. The minimum atomic E-state index is -0.258. The van der Waals surface area contributed by atoms with Gasteiger partial charge < -0.3 is 10.2 Å². The zero-order valence-corrected chi connectivity index (χ0v) is 19.9. The maximum atomic E-state index is 13.1. The Hall–Kier alpha value is -3.32. The van der Waals surface area contributed by atoms with E-state index in [1.807, 2.05) is 0 Å². The molecule has 0 radical (unpaired) electrons. The number of rotatable bonds is 6. The molecule has 2 saturated heterocycles. The van der Waals surface area contributed by atoms with Gasteiger partial charge in [0.15, 0.2) is 0 Å². The second-order valence-corrected chi connectivity index (χ2v) is 9.58. The van der Waals surface area contributed by atoms with E-state index in [0.717, 1.165) is 69.5 Å². The number of carbonyl (C=O) groups excluding carboxylic acids is 1. The van der Waals surface area contributed by atoms with Crippen LogP contribution in [0, 0.1) is 11.7 Å². The number of piperidine rings is 2. The van der Waals surface area contributed by atoms with Gasteiger partial charge in [-0.1, -0.05) is 42.5 Å². The molecule has 1 aromatic heterocycles. The first-order valence-corrected chi connectivity index (χ1v) is 12.5. The molecular formula is C28H32FN5O. The molecule has 2 fully saturated rings. The molecule has 5 rings (SSSR count). The lowest BCUT2D eigenvalue weighted by Gasteiger charge is -2.35. The van der Waals surface area contributed by atoms with E-state index in [0.29, 0.717) is 5.95 Å². The highest BCUT2D eigenvalue weighted by molar-refractivity contribution is 5.79. The van der Waals surface area contributed by atoms with Crippen LogP contribution in [-0.2, 0) is 11.3 Å². The minimum absolute atomic E-state index is 0.0482. The van der Waals surface area contributed by atoms with Crippen LogP contribution in [0.3, 0.4) is 0 Å². The van der Waals surface area contributed by atoms with Crippen LogP contribution in [0.15, 0.2) is 67.0 Å². The minimum Gasteiger partial charge on any atom is -0.353 e. The molecule has 0 aliphatic carbocycles. The number of nitrogens with one attached hydrogen (secondary N) is 1. The molecule has 0 unspecified atom stereocenters. The van der Waals surface area contributed by atoms with Crippen LogP contribution in [0.4, 0.5) is 10.3 Å². The molecule has 35 heavy (non-hydrogen) atoms. The third-order valence-corrected chi connectivity index (χ3v) is 7.15. The maximum absolute atomic E-state index is 13.1. The van der Waals surface area contributed by atoms with Crippen LogP contribution < -0.4 is 10.2 Å². The van der Waals surface area contributed by atoms with Crippen molar-refractivity contribution in [1.82, 2.24) is 20.2 Å². The molecule has 3 heterocycles. The lowest BCUT2D eigenvalue weighted by Crippen LogP contribution is -2.48. The van der Waals surface area contributed by atoms with Gasteiger partial charge in [0, 0.05) is 62.6 Å². The van der Waals surface area contributed by atoms with E-state index in [1.165, 1.54) is 17.7 Å². The highest BCUT2D eigenvalue weighted by atomic mass is 19.1. The fourth-order valence-corrected chi connectivity index (χ4v) is 5.01. The van der Waals surface area contributed by atoms with Crippen LogP contribution in [0.5, 0.6) is 0 Å². The molecule has 0 bridgehead atoms. The molecule has 7 heteroatoms. The molecule has 0 spiro atoms. The monoisotopic (exact) mass is 473 g/mol. The van der Waals surface area contributed by atoms with Crippen molar-refractivity contribution in [2.45, 2.75) is 38.3 Å². The summed E-state index contributed by atoms with van der Waals surface area (Å²) in [6, 6.07) is 17.2. The van der Waals surface area contributed by atoms with Gasteiger partial charge in [0.2, 0.25) is 11.9 Å². The first kappa shape index (κ1) is 23.4. The standard InChI is InChI=1S/C28H32FN5O/c29-25-8-6-22(7-9-25)24-18-30-28(31-19-24)34-16-10-23(11-17-34)27(35)32-26-12-14-33(15-13-26)20-21-4-2-1-3-5-21/h1-9,18-19,23,26H,10-17,20H2,(H,32,35). The van der Waals surface area contributed by atoms with Crippen molar-refractivity contribution in [3.05, 3.63) is 78.4 Å². The van der Waals surface area contributed by atoms with Gasteiger partial charge in [0.05, 0.1) is 0 Å². The molecule has 6 nitrogen and oxygen atoms in total. The second-order valence-electron chi connectivity index (χ2n) is 9.58. The summed E-state index contributed by atoms with van der Waals surface area (Å²) in [5.41, 5.74) is 3.09. The zero-order chi connectivity index (χ0) is 24.0. The van der Waals surface area contributed by atoms with Crippen LogP contribution >= 0.6 is 0 Å². The summed E-state index contributed by atoms with van der Waals surface area (Å²) >= 11 is 0. The van der Waals surface area contributed by atoms with Crippen LogP contribution in [0.2, 0.25) is 0 Å². The van der Waals surface area contributed by atoms with E-state index in [1.54, 1.807) is 24.5 Å². The van der Waals surface area contributed by atoms with E-state index in [9.17, 15) is 9.18 Å². The summed E-state index contributed by atoms with van der Waals surface area (Å²) in [4.78, 5) is 26.6. The second kappa shape index (κ2) is 11.0. The fraction of sp³-hybridized carbons (Fsp3) is 0.393. The number of halogens is 1. The molecule has 3 aromatic rings. The predicted octanol–water partition coefficient (Wildman–Crippen LogP) is 4.28. The fourth-order valence-electron chi connectivity index (χ4n) is 5.01. The average Bonchev–Trinajstić information content (AvgIpc) is 2.91. The van der Waals surface area contributed by atoms with Gasteiger partial charge in [-0.2, -0.15) is 0 Å². The molecular weight excluding hydrogens is 441 g/mol. The lowest BCUT2D eigenvalue weighted by atomic mass is 9.94. The molecule has 2 aliphatic rings. The van der Waals surface area contributed by atoms with Crippen molar-refractivity contribution in [2.75, 3.05) is 31.1 Å². The van der Waals surface area contributed by atoms with Crippen LogP contribution in [0.25, 0.3) is 11.1 Å². The SMILES string of the molecule is O=C(NC1CCN(Cc2ccccc2)CC1)C1CCN(c2ncc(-c3ccc(F)cc3)cn2)CC1. The summed E-state index contributed by atoms with van der Waals surface area (Å²) in [6.07, 6.45) is 7.18. The van der Waals surface area contributed by atoms with Gasteiger partial charge in [-0.05, 0) is 48.9 Å². The van der Waals surface area contributed by atoms with E-state index in [-0.39, 0.29) is 23.7 Å². The first-order valence-electron chi connectivity index (χ1n) is 12.5. The van der Waals surface area contributed by atoms with E-state index in [2.05, 4.69) is 55.4 Å². The first-order chi connectivity index (χ1) is 17.1. The molecule has 2 aromatic carbocycles. The summed E-state index contributed by atoms with van der Waals surface area (Å²) in [5, 5.41) is 3.32. The Morgan fingerprint density at radius 2 is 1.51 bits per heavy atom. The van der Waals surface area contributed by atoms with Gasteiger partial charge in [-0.15, -0.1) is 0 Å². The number of carbonyl (C=O) groups is 1. The molecule has 0 saturated carbocycles. The topological polar surface area (TPSA) is 61.4 Å². The summed E-state index contributed by atoms with van der Waals surface area (Å²) in [6.45, 7) is 4.55. The molecule has 2 aliphatic heterocycles. The maximum Gasteiger partial charge on any atom is 0.225 e. The van der Waals surface area contributed by atoms with E-state index in [4.69, 9.17) is 0 Å². The number of hydrogen-bond donors (Lipinski definition) is 1. The van der Waals surface area contributed by atoms with E-state index >= 15 is 0 Å². The average molecular weight is 474 g/mol. The quantitative estimate of drug-likeness (QED) is 0.579. The highest BCUT2D eigenvalue weighted by Crippen LogP contribution is 2.24. The van der Waals surface area contributed by atoms with Crippen LogP contribution in [0.1, 0.15) is 31.2 Å². The number of hydrogen-bond acceptors (Lipinski definition) is 5. The normalized spacial score (nSPS) is 17.9. The van der Waals surface area contributed by atoms with Crippen molar-refractivity contribution < 1.29 is 9.18 Å². The molecule has 0 atom stereocenters. The third-order valence-electron chi connectivity index (χ3n) is 7.15. The van der Waals surface area contributed by atoms with Gasteiger partial charge in [-0.3, -0.25) is 9.69 Å². The number of aromatic nitrogens is 2. The Morgan fingerprint density at radius 3 is 2.17 bits per heavy atom. The van der Waals surface area contributed by atoms with Crippen molar-refractivity contribution in [3.8, 4) is 11.1 Å². The smallest absolute Gasteiger partial charge is 0.225 e. The Balaban J connectivity index is 1.06. The predicted molar refractivity (Wildman–Crippen MR) is 135 cm³/mol. The number of amides is 1. The van der Waals surface area contributed by atoms with E-state index < -0.39 is 0 Å². The Kier molecular flexibility index (Phi) is 7.33. The number of benzene rings is 2. The third kappa shape index (κ3) is 6.03. The molecule has 182 valence electrons. The Bertz CT molecular complexity index is 1090. The Labute approximate surface area is 206 Å². The van der Waals surface area contributed by atoms with Gasteiger partial charge in [0.1, 0.15) is 5.82 Å². The Morgan fingerprint density at radius 1 is 0.857 bits per heavy atom. The van der Waals surface area contributed by atoms with Crippen molar-refractivity contribution in [2.24, 2.45) is 5.92 Å². The number of anilines is 1. The van der Waals surface area contributed by atoms with Crippen molar-refractivity contribution in [1.29, 1.82) is 0 Å². The molecule has 1 amide bonds. The zero-order valence-electron chi connectivity index (χ0n) is 19.9. The van der Waals surface area contributed by atoms with Crippen molar-refractivity contribution >= 4 is 11.9 Å². The largest absolute Gasteiger partial charge is 0.353 e. The summed E-state index contributed by atoms with van der Waals surface area (Å²) < 4.78 is 13.1. The molecule has 1 N–H and O–H groups in total. The van der Waals surface area contributed by atoms with Crippen molar-refractivity contribution in [3.63, 3.8) is 0 Å². The number of nitrogens with zero attached hydrogens (tertiary/aromatic N) is 4. The van der Waals surface area contributed by atoms with Crippen LogP contribution in [-0.4, -0.2) is 53.0 Å². The number of likely N-dealkylation sites (tertiary alicyclic amines) is 1. The lowest BCUT2D eigenvalue weighted by molar-refractivity contribution is -0.126. The van der Waals surface area contributed by atoms with Gasteiger partial charge in [-0.25, -0.2) is 14.4 Å². The summed E-state index contributed by atoms with van der Waals surface area (Å²) in [7, 11) is 0. The van der Waals surface area contributed by atoms with Gasteiger partial charge >= 0.3 is 0 Å². The van der Waals surface area contributed by atoms with Gasteiger partial charge in [0.25, 0.3) is 0 Å².